The second kappa shape index (κ2) is 31.7. The molecule has 0 saturated carbocycles. The molecule has 2 aromatic heterocycles. The van der Waals surface area contributed by atoms with Gasteiger partial charge in [-0.1, -0.05) is 107 Å². The highest BCUT2D eigenvalue weighted by molar-refractivity contribution is 9.08. The number of ketones is 3. The number of hydrogen-bond acceptors (Lipinski definition) is 11. The van der Waals surface area contributed by atoms with Crippen LogP contribution in [0.4, 0.5) is 0 Å². The number of methoxy groups -OCH3 is 6. The van der Waals surface area contributed by atoms with E-state index in [2.05, 4.69) is 122 Å². The molecule has 3 heterocycles. The summed E-state index contributed by atoms with van der Waals surface area (Å²) in [6.07, 6.45) is 14.8. The van der Waals surface area contributed by atoms with E-state index in [4.69, 9.17) is 28.4 Å². The number of fused-ring (bicyclic) bond motifs is 3. The van der Waals surface area contributed by atoms with Crippen LogP contribution in [0.1, 0.15) is 94.8 Å². The number of rotatable bonds is 17. The number of pyridine rings is 2. The largest absolute Gasteiger partial charge is 1.00 e. The molecule has 86 heavy (non-hydrogen) atoms. The predicted octanol–water partition coefficient (Wildman–Crippen LogP) is 10.3. The minimum absolute atomic E-state index is 0. The predicted molar refractivity (Wildman–Crippen MR) is 335 cm³/mol. The molecule has 0 amide bonds. The molecule has 0 spiro atoms. The van der Waals surface area contributed by atoms with E-state index in [0.717, 1.165) is 109 Å². The minimum Gasteiger partial charge on any atom is -1.00 e. The molecule has 12 nitrogen and oxygen atoms in total. The van der Waals surface area contributed by atoms with E-state index in [1.165, 1.54) is 35.1 Å². The van der Waals surface area contributed by atoms with Gasteiger partial charge in [-0.25, -0.2) is 4.57 Å². The van der Waals surface area contributed by atoms with Crippen molar-refractivity contribution in [3.8, 4) is 34.5 Å². The topological polar surface area (TPSA) is 127 Å². The Morgan fingerprint density at radius 3 is 1.24 bits per heavy atom. The van der Waals surface area contributed by atoms with Gasteiger partial charge in [0.25, 0.3) is 0 Å². The van der Waals surface area contributed by atoms with Crippen LogP contribution < -0.4 is 50.0 Å². The van der Waals surface area contributed by atoms with Crippen molar-refractivity contribution < 1.29 is 64.4 Å². The van der Waals surface area contributed by atoms with Crippen LogP contribution in [0.2, 0.25) is 0 Å². The van der Waals surface area contributed by atoms with Gasteiger partial charge >= 0.3 is 0 Å². The lowest BCUT2D eigenvalue weighted by Gasteiger charge is -2.32. The molecule has 12 rings (SSSR count). The second-order valence-corrected chi connectivity index (χ2v) is 22.6. The highest BCUT2D eigenvalue weighted by Gasteiger charge is 2.36. The molecule has 1 fully saturated rings. The molecule has 0 bridgehead atoms. The van der Waals surface area contributed by atoms with Gasteiger partial charge in [0.2, 0.25) is 0 Å². The Balaban J connectivity index is 0.000000158. The van der Waals surface area contributed by atoms with Crippen molar-refractivity contribution in [2.45, 2.75) is 69.8 Å². The molecule has 4 aliphatic rings. The van der Waals surface area contributed by atoms with Crippen molar-refractivity contribution in [3.05, 3.63) is 238 Å². The Hall–Kier alpha value is -7.65. The Kier molecular flexibility index (Phi) is 23.7. The molecule has 0 N–H and O–H groups in total. The fourth-order valence-corrected chi connectivity index (χ4v) is 12.4. The van der Waals surface area contributed by atoms with Crippen molar-refractivity contribution in [1.82, 2.24) is 9.88 Å². The lowest BCUT2D eigenvalue weighted by atomic mass is 9.85. The molecule has 3 unspecified atom stereocenters. The Morgan fingerprint density at radius 2 is 0.837 bits per heavy atom. The maximum absolute atomic E-state index is 12.9. The van der Waals surface area contributed by atoms with Gasteiger partial charge in [0, 0.05) is 76.4 Å². The van der Waals surface area contributed by atoms with Gasteiger partial charge in [-0.2, -0.15) is 0 Å². The van der Waals surface area contributed by atoms with E-state index in [0.29, 0.717) is 40.4 Å². The maximum Gasteiger partial charge on any atom is 0.173 e. The fourth-order valence-electron chi connectivity index (χ4n) is 12.0. The average molecular weight is 1290 g/mol. The third kappa shape index (κ3) is 16.4. The van der Waals surface area contributed by atoms with Crippen molar-refractivity contribution in [3.63, 3.8) is 0 Å². The van der Waals surface area contributed by atoms with Crippen LogP contribution in [0, 0.1) is 23.7 Å². The molecule has 14 heteroatoms. The van der Waals surface area contributed by atoms with Crippen molar-refractivity contribution in [1.29, 1.82) is 0 Å². The van der Waals surface area contributed by atoms with Gasteiger partial charge in [-0.05, 0) is 158 Å². The summed E-state index contributed by atoms with van der Waals surface area (Å²) in [6.45, 7) is 4.11. The highest BCUT2D eigenvalue weighted by atomic mass is 79.9. The van der Waals surface area contributed by atoms with Crippen LogP contribution in [-0.2, 0) is 50.5 Å². The first-order chi connectivity index (χ1) is 41.5. The summed E-state index contributed by atoms with van der Waals surface area (Å²) >= 11 is 3.36. The monoisotopic (exact) mass is 1290 g/mol. The maximum atomic E-state index is 12.9. The van der Waals surface area contributed by atoms with Gasteiger partial charge in [0.1, 0.15) is 0 Å². The SMILES string of the molecule is BrCc1ccccc1.COc1cc2c(cc1OC)C(=O)C(CC1CCN(Cc3ccccc3)CC1)C2.COc1cc2c(cc1OC)C(=O)C(Cc1cc[n+](Cc3ccccc3)cc1)C2.COc1cc2c(cc1OC)C(=O)C(Cc1ccncc1)C2.[Br-]. The zero-order valence-corrected chi connectivity index (χ0v) is 53.2. The minimum atomic E-state index is -0.0308. The van der Waals surface area contributed by atoms with Crippen molar-refractivity contribution >= 4 is 33.3 Å². The number of ether oxygens (including phenoxy) is 6. The first kappa shape index (κ1) is 64.4. The van der Waals surface area contributed by atoms with Crippen LogP contribution >= 0.6 is 15.9 Å². The molecule has 3 aliphatic carbocycles. The summed E-state index contributed by atoms with van der Waals surface area (Å²) in [6, 6.07) is 50.8. The number of benzene rings is 6. The number of carbonyl (C=O) groups excluding carboxylic acids is 3. The number of likely N-dealkylation sites (tertiary alicyclic amines) is 1. The van der Waals surface area contributed by atoms with Crippen LogP contribution in [-0.4, -0.2) is 83.0 Å². The van der Waals surface area contributed by atoms with Gasteiger partial charge in [0.15, 0.2) is 70.8 Å². The quantitative estimate of drug-likeness (QED) is 0.0639. The molecule has 8 aromatic rings. The van der Waals surface area contributed by atoms with Crippen LogP contribution in [0.5, 0.6) is 34.5 Å². The molecule has 3 atom stereocenters. The van der Waals surface area contributed by atoms with Crippen molar-refractivity contribution in [2.75, 3.05) is 55.7 Å². The number of Topliss-reactive ketones (excluding diaryl/α,β-unsaturated/α-hetero) is 3. The Labute approximate surface area is 525 Å². The first-order valence-electron chi connectivity index (χ1n) is 29.2. The van der Waals surface area contributed by atoms with Crippen molar-refractivity contribution in [2.24, 2.45) is 23.7 Å². The number of aromatic nitrogens is 2. The number of halogens is 2. The number of hydrogen-bond donors (Lipinski definition) is 0. The normalized spacial score (nSPS) is 16.5. The molecular formula is C72H77Br2N3O9. The van der Waals surface area contributed by atoms with E-state index in [1.807, 2.05) is 66.7 Å². The smallest absolute Gasteiger partial charge is 0.173 e. The number of alkyl halides is 1. The molecular weight excluding hydrogens is 1210 g/mol. The summed E-state index contributed by atoms with van der Waals surface area (Å²) in [7, 11) is 9.66. The van der Waals surface area contributed by atoms with E-state index in [-0.39, 0.29) is 52.1 Å². The van der Waals surface area contributed by atoms with Gasteiger partial charge in [-0.3, -0.25) is 24.3 Å². The zero-order chi connectivity index (χ0) is 59.7. The standard InChI is InChI=1S/C24H29NO3.C24H24NO3.C17H17NO3.C7H7Br.BrH/c2*1-27-22-14-19-13-20(24(26)21(19)15-23(22)28-2)12-17-8-10-25(11-9-17)16-18-6-4-3-5-7-18;1-20-15-9-12-8-13(7-11-3-5-18-6-4-11)17(19)14(12)10-16(15)21-2;8-6-7-4-2-1-3-5-7;/h3-7,14-15,17,20H,8-13,16H2,1-2H3;3-11,14-15,20H,12-13,16H2,1-2H3;3-6,9-10,13H,7-8H2,1-2H3;1-5H,6H2;1H/q;+1;;;/p-1. The van der Waals surface area contributed by atoms with Gasteiger partial charge in [0.05, 0.1) is 42.7 Å². The molecule has 0 radical (unpaired) electrons. The van der Waals surface area contributed by atoms with E-state index >= 15 is 0 Å². The zero-order valence-electron chi connectivity index (χ0n) is 50.0. The van der Waals surface area contributed by atoms with Crippen LogP contribution in [0.3, 0.4) is 0 Å². The highest BCUT2D eigenvalue weighted by Crippen LogP contribution is 2.41. The summed E-state index contributed by atoms with van der Waals surface area (Å²) in [5.41, 5.74) is 11.8. The van der Waals surface area contributed by atoms with Gasteiger partial charge in [-0.15, -0.1) is 0 Å². The fraction of sp³-hybridized carbons (Fsp3) is 0.319. The third-order valence-corrected chi connectivity index (χ3v) is 17.2. The summed E-state index contributed by atoms with van der Waals surface area (Å²) in [4.78, 5) is 44.9. The summed E-state index contributed by atoms with van der Waals surface area (Å²) < 4.78 is 34.2. The second-order valence-electron chi connectivity index (χ2n) is 22.1. The van der Waals surface area contributed by atoms with E-state index in [1.54, 1.807) is 61.1 Å². The average Bonchev–Trinajstić information content (AvgIpc) is 2.17. The van der Waals surface area contributed by atoms with Crippen LogP contribution in [0.25, 0.3) is 0 Å². The first-order valence-corrected chi connectivity index (χ1v) is 30.3. The summed E-state index contributed by atoms with van der Waals surface area (Å²) in [5, 5.41) is 0.952. The number of nitrogens with zero attached hydrogens (tertiary/aromatic N) is 3. The Morgan fingerprint density at radius 1 is 0.465 bits per heavy atom. The lowest BCUT2D eigenvalue weighted by molar-refractivity contribution is -0.688. The Bertz CT molecular complexity index is 3490. The molecule has 6 aromatic carbocycles. The van der Waals surface area contributed by atoms with E-state index < -0.39 is 0 Å². The molecule has 448 valence electrons. The molecule has 1 aliphatic heterocycles. The summed E-state index contributed by atoms with van der Waals surface area (Å²) in [5.74, 6) is 5.28. The van der Waals surface area contributed by atoms with Gasteiger partial charge < -0.3 is 45.4 Å². The number of carbonyl (C=O) groups is 3. The molecule has 1 saturated heterocycles. The lowest BCUT2D eigenvalue weighted by Crippen LogP contribution is -3.00. The third-order valence-electron chi connectivity index (χ3n) is 16.6. The van der Waals surface area contributed by atoms with Crippen LogP contribution in [0.15, 0.2) is 176 Å². The van der Waals surface area contributed by atoms with E-state index in [9.17, 15) is 14.4 Å². The number of piperidine rings is 1.